The second-order valence-corrected chi connectivity index (χ2v) is 7.94. The molecule has 5 heteroatoms. The number of nitrogens with zero attached hydrogens (tertiary/aromatic N) is 2. The lowest BCUT2D eigenvalue weighted by molar-refractivity contribution is 0.0629. The Labute approximate surface area is 159 Å². The van der Waals surface area contributed by atoms with E-state index in [0.29, 0.717) is 17.4 Å². The molecule has 1 aliphatic heterocycles. The molecule has 4 rings (SSSR count). The van der Waals surface area contributed by atoms with Gasteiger partial charge in [-0.05, 0) is 51.8 Å². The summed E-state index contributed by atoms with van der Waals surface area (Å²) in [5.41, 5.74) is 3.41. The van der Waals surface area contributed by atoms with Gasteiger partial charge in [-0.1, -0.05) is 29.8 Å². The van der Waals surface area contributed by atoms with Crippen LogP contribution in [0, 0.1) is 13.8 Å². The standard InChI is InChI=1S/C22H25N3O2/c1-14-5-8-16(9-6-14)17-11-12-25(22(17,3)4)21(26)19-13-18(23-24-19)20-10-7-15(2)27-20/h5-10,13,17H,11-12H2,1-4H3,(H,23,24). The average molecular weight is 363 g/mol. The number of aromatic nitrogens is 2. The van der Waals surface area contributed by atoms with Gasteiger partial charge >= 0.3 is 0 Å². The second-order valence-electron chi connectivity index (χ2n) is 7.94. The van der Waals surface area contributed by atoms with Crippen LogP contribution in [0.3, 0.4) is 0 Å². The van der Waals surface area contributed by atoms with Gasteiger partial charge < -0.3 is 9.32 Å². The number of furan rings is 1. The summed E-state index contributed by atoms with van der Waals surface area (Å²) in [4.78, 5) is 15.1. The number of likely N-dealkylation sites (tertiary alicyclic amines) is 1. The summed E-state index contributed by atoms with van der Waals surface area (Å²) in [5.74, 6) is 1.79. The van der Waals surface area contributed by atoms with Gasteiger partial charge in [0.05, 0.1) is 0 Å². The maximum absolute atomic E-state index is 13.2. The van der Waals surface area contributed by atoms with Crippen molar-refractivity contribution in [1.82, 2.24) is 15.1 Å². The number of amides is 1. The van der Waals surface area contributed by atoms with Crippen LogP contribution < -0.4 is 0 Å². The lowest BCUT2D eigenvalue weighted by Crippen LogP contribution is -2.45. The molecule has 1 atom stereocenters. The van der Waals surface area contributed by atoms with E-state index < -0.39 is 0 Å². The molecule has 1 N–H and O–H groups in total. The van der Waals surface area contributed by atoms with Crippen LogP contribution in [0.4, 0.5) is 0 Å². The van der Waals surface area contributed by atoms with E-state index in [1.807, 2.05) is 24.0 Å². The highest BCUT2D eigenvalue weighted by Gasteiger charge is 2.45. The molecule has 3 heterocycles. The van der Waals surface area contributed by atoms with Crippen LogP contribution in [0.15, 0.2) is 46.9 Å². The minimum absolute atomic E-state index is 0.0413. The number of aromatic amines is 1. The predicted octanol–water partition coefficient (Wildman–Crippen LogP) is 4.69. The van der Waals surface area contributed by atoms with Gasteiger partial charge in [-0.25, -0.2) is 0 Å². The topological polar surface area (TPSA) is 62.1 Å². The average Bonchev–Trinajstić information content (AvgIpc) is 3.33. The summed E-state index contributed by atoms with van der Waals surface area (Å²) in [6.45, 7) is 9.00. The fourth-order valence-corrected chi connectivity index (χ4v) is 4.10. The van der Waals surface area contributed by atoms with Crippen molar-refractivity contribution in [3.8, 4) is 11.5 Å². The summed E-state index contributed by atoms with van der Waals surface area (Å²) >= 11 is 0. The maximum Gasteiger partial charge on any atom is 0.274 e. The van der Waals surface area contributed by atoms with E-state index in [0.717, 1.165) is 24.4 Å². The number of aryl methyl sites for hydroxylation is 2. The van der Waals surface area contributed by atoms with Crippen LogP contribution in [-0.2, 0) is 0 Å². The maximum atomic E-state index is 13.2. The van der Waals surface area contributed by atoms with E-state index in [2.05, 4.69) is 55.2 Å². The van der Waals surface area contributed by atoms with Crippen molar-refractivity contribution in [1.29, 1.82) is 0 Å². The molecule has 1 saturated heterocycles. The van der Waals surface area contributed by atoms with Crippen molar-refractivity contribution in [3.05, 3.63) is 65.0 Å². The molecule has 1 amide bonds. The number of H-pyrrole nitrogens is 1. The monoisotopic (exact) mass is 363 g/mol. The minimum atomic E-state index is -0.271. The first-order valence-electron chi connectivity index (χ1n) is 9.37. The van der Waals surface area contributed by atoms with E-state index in [-0.39, 0.29) is 11.4 Å². The highest BCUT2D eigenvalue weighted by atomic mass is 16.3. The zero-order valence-corrected chi connectivity index (χ0v) is 16.2. The third-order valence-electron chi connectivity index (χ3n) is 5.72. The van der Waals surface area contributed by atoms with Gasteiger partial charge in [0.1, 0.15) is 11.5 Å². The fourth-order valence-electron chi connectivity index (χ4n) is 4.10. The summed E-state index contributed by atoms with van der Waals surface area (Å²) in [6, 6.07) is 14.2. The smallest absolute Gasteiger partial charge is 0.274 e. The number of rotatable bonds is 3. The van der Waals surface area contributed by atoms with Gasteiger partial charge in [0.25, 0.3) is 5.91 Å². The van der Waals surface area contributed by atoms with E-state index in [4.69, 9.17) is 4.42 Å². The first-order chi connectivity index (χ1) is 12.9. The quantitative estimate of drug-likeness (QED) is 0.734. The van der Waals surface area contributed by atoms with Crippen LogP contribution in [0.5, 0.6) is 0 Å². The van der Waals surface area contributed by atoms with Crippen LogP contribution in [0.2, 0.25) is 0 Å². The molecule has 1 fully saturated rings. The highest BCUT2D eigenvalue weighted by molar-refractivity contribution is 5.94. The Balaban J connectivity index is 1.57. The van der Waals surface area contributed by atoms with E-state index >= 15 is 0 Å². The van der Waals surface area contributed by atoms with Crippen molar-refractivity contribution in [2.75, 3.05) is 6.54 Å². The summed E-state index contributed by atoms with van der Waals surface area (Å²) in [6.07, 6.45) is 0.955. The van der Waals surface area contributed by atoms with E-state index in [1.54, 1.807) is 6.07 Å². The van der Waals surface area contributed by atoms with Gasteiger partial charge in [-0.2, -0.15) is 5.10 Å². The lowest BCUT2D eigenvalue weighted by atomic mass is 9.82. The number of carbonyl (C=O) groups is 1. The normalized spacial score (nSPS) is 18.8. The minimum Gasteiger partial charge on any atom is -0.460 e. The molecule has 5 nitrogen and oxygen atoms in total. The Bertz CT molecular complexity index is 966. The van der Waals surface area contributed by atoms with Crippen molar-refractivity contribution in [3.63, 3.8) is 0 Å². The van der Waals surface area contributed by atoms with Crippen molar-refractivity contribution in [2.24, 2.45) is 0 Å². The molecule has 1 aliphatic rings. The number of benzene rings is 1. The second kappa shape index (κ2) is 6.41. The van der Waals surface area contributed by atoms with Crippen molar-refractivity contribution in [2.45, 2.75) is 45.6 Å². The summed E-state index contributed by atoms with van der Waals surface area (Å²) in [5, 5.41) is 7.17. The van der Waals surface area contributed by atoms with Gasteiger partial charge in [-0.15, -0.1) is 0 Å². The van der Waals surface area contributed by atoms with Gasteiger partial charge in [0, 0.05) is 24.1 Å². The highest BCUT2D eigenvalue weighted by Crippen LogP contribution is 2.42. The molecule has 0 aliphatic carbocycles. The number of hydrogen-bond acceptors (Lipinski definition) is 3. The van der Waals surface area contributed by atoms with E-state index in [1.165, 1.54) is 11.1 Å². The van der Waals surface area contributed by atoms with Crippen LogP contribution in [0.25, 0.3) is 11.5 Å². The van der Waals surface area contributed by atoms with Gasteiger partial charge in [-0.3, -0.25) is 9.89 Å². The third-order valence-corrected chi connectivity index (χ3v) is 5.72. The van der Waals surface area contributed by atoms with Crippen molar-refractivity contribution >= 4 is 5.91 Å². The predicted molar refractivity (Wildman–Crippen MR) is 105 cm³/mol. The molecule has 0 bridgehead atoms. The van der Waals surface area contributed by atoms with Crippen molar-refractivity contribution < 1.29 is 9.21 Å². The molecule has 0 saturated carbocycles. The van der Waals surface area contributed by atoms with Crippen LogP contribution in [-0.4, -0.2) is 33.1 Å². The zero-order valence-electron chi connectivity index (χ0n) is 16.2. The fraction of sp³-hybridized carbons (Fsp3) is 0.364. The molecule has 1 aromatic carbocycles. The third kappa shape index (κ3) is 3.07. The van der Waals surface area contributed by atoms with E-state index in [9.17, 15) is 4.79 Å². The number of nitrogens with one attached hydrogen (secondary N) is 1. The Morgan fingerprint density at radius 1 is 1.19 bits per heavy atom. The molecule has 1 unspecified atom stereocenters. The first kappa shape index (κ1) is 17.6. The zero-order chi connectivity index (χ0) is 19.2. The van der Waals surface area contributed by atoms with Crippen LogP contribution >= 0.6 is 0 Å². The Kier molecular flexibility index (Phi) is 4.17. The molecule has 0 radical (unpaired) electrons. The summed E-state index contributed by atoms with van der Waals surface area (Å²) in [7, 11) is 0. The molecule has 2 aromatic heterocycles. The molecular weight excluding hydrogens is 338 g/mol. The Morgan fingerprint density at radius 2 is 1.93 bits per heavy atom. The first-order valence-corrected chi connectivity index (χ1v) is 9.37. The molecule has 3 aromatic rings. The SMILES string of the molecule is Cc1ccc(C2CCN(C(=O)c3cc(-c4ccc(C)o4)[nH]n3)C2(C)C)cc1. The Morgan fingerprint density at radius 3 is 2.59 bits per heavy atom. The molecule has 0 spiro atoms. The largest absolute Gasteiger partial charge is 0.460 e. The Hall–Kier alpha value is -2.82. The molecule has 27 heavy (non-hydrogen) atoms. The number of carbonyl (C=O) groups excluding carboxylic acids is 1. The van der Waals surface area contributed by atoms with Gasteiger partial charge in [0.2, 0.25) is 0 Å². The molecular formula is C22H25N3O2. The lowest BCUT2D eigenvalue weighted by Gasteiger charge is -2.36. The van der Waals surface area contributed by atoms with Crippen LogP contribution in [0.1, 0.15) is 53.6 Å². The molecule has 140 valence electrons. The summed E-state index contributed by atoms with van der Waals surface area (Å²) < 4.78 is 5.62. The number of hydrogen-bond donors (Lipinski definition) is 1. The van der Waals surface area contributed by atoms with Gasteiger partial charge in [0.15, 0.2) is 11.5 Å².